The molecule has 13 heavy (non-hydrogen) atoms. The molecule has 69 valence electrons. The third kappa shape index (κ3) is 2.35. The van der Waals surface area contributed by atoms with Gasteiger partial charge in [0.1, 0.15) is 0 Å². The summed E-state index contributed by atoms with van der Waals surface area (Å²) in [7, 11) is 4.06. The van der Waals surface area contributed by atoms with Crippen LogP contribution < -0.4 is 4.90 Å². The fourth-order valence-electron chi connectivity index (χ4n) is 1.18. The van der Waals surface area contributed by atoms with Gasteiger partial charge in [-0.3, -0.25) is 0 Å². The predicted molar refractivity (Wildman–Crippen MR) is 58.8 cm³/mol. The Hall–Kier alpha value is -1.24. The van der Waals surface area contributed by atoms with Gasteiger partial charge in [-0.15, -0.1) is 0 Å². The Morgan fingerprint density at radius 1 is 1.23 bits per heavy atom. The molecule has 1 aromatic carbocycles. The summed E-state index contributed by atoms with van der Waals surface area (Å²) in [5.74, 6) is 0. The molecule has 0 heterocycles. The van der Waals surface area contributed by atoms with Crippen LogP contribution in [0.4, 0.5) is 5.69 Å². The van der Waals surface area contributed by atoms with E-state index in [0.29, 0.717) is 0 Å². The lowest BCUT2D eigenvalue weighted by atomic mass is 10.1. The molecule has 0 spiro atoms. The highest BCUT2D eigenvalue weighted by molar-refractivity contribution is 5.64. The molecule has 0 aliphatic rings. The maximum Gasteiger partial charge on any atom is 0.0361 e. The van der Waals surface area contributed by atoms with Gasteiger partial charge in [-0.05, 0) is 29.7 Å². The Balaban J connectivity index is 2.87. The van der Waals surface area contributed by atoms with Crippen LogP contribution in [-0.4, -0.2) is 14.1 Å². The van der Waals surface area contributed by atoms with Crippen molar-refractivity contribution >= 4 is 11.3 Å². The van der Waals surface area contributed by atoms with E-state index in [-0.39, 0.29) is 0 Å². The lowest BCUT2D eigenvalue weighted by molar-refractivity contribution is 1.13. The van der Waals surface area contributed by atoms with E-state index in [4.69, 9.17) is 6.58 Å². The number of hydrogen-bond acceptors (Lipinski definition) is 1. The topological polar surface area (TPSA) is 3.24 Å². The van der Waals surface area contributed by atoms with Crippen LogP contribution in [0.5, 0.6) is 0 Å². The van der Waals surface area contributed by atoms with Gasteiger partial charge in [-0.2, -0.15) is 0 Å². The first-order valence-corrected chi connectivity index (χ1v) is 4.54. The van der Waals surface area contributed by atoms with Gasteiger partial charge in [0.25, 0.3) is 0 Å². The van der Waals surface area contributed by atoms with Crippen molar-refractivity contribution in [2.24, 2.45) is 0 Å². The molecule has 0 saturated carbocycles. The van der Waals surface area contributed by atoms with E-state index in [1.165, 1.54) is 5.69 Å². The van der Waals surface area contributed by atoms with Crippen LogP contribution in [0.3, 0.4) is 0 Å². The molecule has 1 aromatic rings. The Morgan fingerprint density at radius 2 is 1.77 bits per heavy atom. The van der Waals surface area contributed by atoms with Gasteiger partial charge < -0.3 is 4.90 Å². The smallest absolute Gasteiger partial charge is 0.0361 e. The van der Waals surface area contributed by atoms with Crippen LogP contribution in [0.25, 0.3) is 5.57 Å². The van der Waals surface area contributed by atoms with Crippen molar-refractivity contribution in [3.8, 4) is 0 Å². The quantitative estimate of drug-likeness (QED) is 0.681. The lowest BCUT2D eigenvalue weighted by Gasteiger charge is -2.12. The highest BCUT2D eigenvalue weighted by atomic mass is 15.1. The van der Waals surface area contributed by atoms with Gasteiger partial charge >= 0.3 is 0 Å². The molecule has 0 saturated heterocycles. The normalized spacial score (nSPS) is 9.77. The first-order valence-electron chi connectivity index (χ1n) is 4.54. The molecule has 0 bridgehead atoms. The molecule has 1 nitrogen and oxygen atoms in total. The van der Waals surface area contributed by atoms with Crippen LogP contribution in [0.15, 0.2) is 24.3 Å². The van der Waals surface area contributed by atoms with Crippen LogP contribution >= 0.6 is 0 Å². The van der Waals surface area contributed by atoms with Crippen LogP contribution in [0, 0.1) is 6.58 Å². The molecular weight excluding hydrogens is 158 g/mol. The van der Waals surface area contributed by atoms with Crippen LogP contribution in [0.1, 0.15) is 18.9 Å². The third-order valence-corrected chi connectivity index (χ3v) is 2.14. The van der Waals surface area contributed by atoms with Crippen molar-refractivity contribution in [2.75, 3.05) is 19.0 Å². The molecule has 0 amide bonds. The molecule has 0 fully saturated rings. The number of benzene rings is 1. The fraction of sp³-hybridized carbons (Fsp3) is 0.333. The number of anilines is 1. The van der Waals surface area contributed by atoms with E-state index in [0.717, 1.165) is 17.6 Å². The van der Waals surface area contributed by atoms with E-state index < -0.39 is 0 Å². The van der Waals surface area contributed by atoms with Crippen molar-refractivity contribution in [1.82, 2.24) is 0 Å². The average Bonchev–Trinajstić information content (AvgIpc) is 2.17. The molecular formula is C12H16N. The highest BCUT2D eigenvalue weighted by Gasteiger charge is 1.97. The van der Waals surface area contributed by atoms with E-state index in [9.17, 15) is 0 Å². The summed E-state index contributed by atoms with van der Waals surface area (Å²) < 4.78 is 0. The molecule has 0 aliphatic carbocycles. The molecule has 1 radical (unpaired) electrons. The average molecular weight is 174 g/mol. The van der Waals surface area contributed by atoms with Crippen molar-refractivity contribution in [2.45, 2.75) is 13.3 Å². The van der Waals surface area contributed by atoms with Gasteiger partial charge in [0.05, 0.1) is 0 Å². The molecule has 1 rings (SSSR count). The van der Waals surface area contributed by atoms with Gasteiger partial charge in [0.2, 0.25) is 0 Å². The number of nitrogens with zero attached hydrogens (tertiary/aromatic N) is 1. The second-order valence-corrected chi connectivity index (χ2v) is 3.32. The summed E-state index contributed by atoms with van der Waals surface area (Å²) in [5, 5.41) is 0. The van der Waals surface area contributed by atoms with Crippen LogP contribution in [0.2, 0.25) is 0 Å². The molecule has 0 N–H and O–H groups in total. The third-order valence-electron chi connectivity index (χ3n) is 2.14. The zero-order valence-corrected chi connectivity index (χ0v) is 8.54. The SMILES string of the molecule is [CH]=C(CC)c1ccc(N(C)C)cc1. The largest absolute Gasteiger partial charge is 0.378 e. The first kappa shape index (κ1) is 9.85. The number of rotatable bonds is 3. The van der Waals surface area contributed by atoms with Crippen molar-refractivity contribution in [3.63, 3.8) is 0 Å². The summed E-state index contributed by atoms with van der Waals surface area (Å²) in [6.07, 6.45) is 0.904. The predicted octanol–water partition coefficient (Wildman–Crippen LogP) is 2.98. The molecule has 0 unspecified atom stereocenters. The monoisotopic (exact) mass is 174 g/mol. The highest BCUT2D eigenvalue weighted by Crippen LogP contribution is 2.19. The summed E-state index contributed by atoms with van der Waals surface area (Å²) in [4.78, 5) is 2.08. The lowest BCUT2D eigenvalue weighted by Crippen LogP contribution is -2.08. The summed E-state index contributed by atoms with van der Waals surface area (Å²) in [5.41, 5.74) is 3.28. The summed E-state index contributed by atoms with van der Waals surface area (Å²) in [6.45, 7) is 7.89. The minimum atomic E-state index is 0.904. The second kappa shape index (κ2) is 4.13. The molecule has 0 aromatic heterocycles. The second-order valence-electron chi connectivity index (χ2n) is 3.32. The maximum absolute atomic E-state index is 5.82. The zero-order valence-electron chi connectivity index (χ0n) is 8.54. The number of hydrogen-bond donors (Lipinski definition) is 0. The van der Waals surface area contributed by atoms with Crippen molar-refractivity contribution in [1.29, 1.82) is 0 Å². The van der Waals surface area contributed by atoms with Crippen molar-refractivity contribution in [3.05, 3.63) is 36.4 Å². The standard InChI is InChI=1S/C12H16N/c1-5-10(2)11-6-8-12(9-7-11)13(3)4/h2,6-9H,5H2,1,3-4H3. The Labute approximate surface area is 80.7 Å². The van der Waals surface area contributed by atoms with Crippen molar-refractivity contribution < 1.29 is 0 Å². The van der Waals surface area contributed by atoms with E-state index in [1.807, 2.05) is 14.1 Å². The van der Waals surface area contributed by atoms with E-state index in [2.05, 4.69) is 36.1 Å². The fourth-order valence-corrected chi connectivity index (χ4v) is 1.18. The summed E-state index contributed by atoms with van der Waals surface area (Å²) >= 11 is 0. The van der Waals surface area contributed by atoms with Crippen LogP contribution in [-0.2, 0) is 0 Å². The number of allylic oxidation sites excluding steroid dienone is 1. The Morgan fingerprint density at radius 3 is 2.15 bits per heavy atom. The zero-order chi connectivity index (χ0) is 9.84. The maximum atomic E-state index is 5.82. The molecule has 0 atom stereocenters. The van der Waals surface area contributed by atoms with Gasteiger partial charge in [-0.25, -0.2) is 0 Å². The van der Waals surface area contributed by atoms with E-state index >= 15 is 0 Å². The Bertz CT molecular complexity index is 282. The van der Waals surface area contributed by atoms with Gasteiger partial charge in [0, 0.05) is 19.8 Å². The Kier molecular flexibility index (Phi) is 3.13. The van der Waals surface area contributed by atoms with Gasteiger partial charge in [0.15, 0.2) is 0 Å². The first-order chi connectivity index (χ1) is 6.15. The summed E-state index contributed by atoms with van der Waals surface area (Å²) in [6, 6.07) is 8.29. The minimum absolute atomic E-state index is 0.904. The molecule has 1 heteroatoms. The van der Waals surface area contributed by atoms with E-state index in [1.54, 1.807) is 0 Å². The minimum Gasteiger partial charge on any atom is -0.378 e. The molecule has 0 aliphatic heterocycles. The van der Waals surface area contributed by atoms with Gasteiger partial charge in [-0.1, -0.05) is 25.6 Å².